The largest absolute Gasteiger partial charge is 0.353 e. The van der Waals surface area contributed by atoms with Crippen LogP contribution >= 0.6 is 0 Å². The van der Waals surface area contributed by atoms with Crippen LogP contribution in [-0.2, 0) is 4.79 Å². The van der Waals surface area contributed by atoms with Crippen LogP contribution in [0.4, 0.5) is 5.82 Å². The van der Waals surface area contributed by atoms with E-state index in [1.807, 2.05) is 12.1 Å². The standard InChI is InChI=1S/C14H13N5O/c20-14(8-1-2-8)19-13-4-10-9(5-16-13)3-11(18-10)12-6-15-7-17-12/h3-8,18H,1-2H2,(H,15,17)(H,16,19,20). The lowest BCUT2D eigenvalue weighted by Gasteiger charge is -2.02. The highest BCUT2D eigenvalue weighted by Crippen LogP contribution is 2.30. The van der Waals surface area contributed by atoms with Crippen LogP contribution in [0.1, 0.15) is 12.8 Å². The summed E-state index contributed by atoms with van der Waals surface area (Å²) in [6.07, 6.45) is 7.13. The van der Waals surface area contributed by atoms with E-state index in [0.29, 0.717) is 5.82 Å². The molecule has 6 nitrogen and oxygen atoms in total. The van der Waals surface area contributed by atoms with Gasteiger partial charge in [0.2, 0.25) is 5.91 Å². The number of anilines is 1. The molecule has 4 rings (SSSR count). The maximum absolute atomic E-state index is 11.7. The van der Waals surface area contributed by atoms with Crippen LogP contribution in [0.15, 0.2) is 30.9 Å². The number of hydrogen-bond donors (Lipinski definition) is 3. The van der Waals surface area contributed by atoms with Crippen molar-refractivity contribution in [2.45, 2.75) is 12.8 Å². The zero-order valence-corrected chi connectivity index (χ0v) is 10.7. The third-order valence-corrected chi connectivity index (χ3v) is 3.49. The van der Waals surface area contributed by atoms with E-state index in [0.717, 1.165) is 35.1 Å². The fourth-order valence-corrected chi connectivity index (χ4v) is 2.22. The molecule has 1 saturated carbocycles. The van der Waals surface area contributed by atoms with Gasteiger partial charge >= 0.3 is 0 Å². The second-order valence-electron chi connectivity index (χ2n) is 5.07. The molecule has 0 spiro atoms. The van der Waals surface area contributed by atoms with Gasteiger partial charge in [0.05, 0.1) is 29.4 Å². The van der Waals surface area contributed by atoms with E-state index in [2.05, 4.69) is 25.3 Å². The number of carbonyl (C=O) groups excluding carboxylic acids is 1. The predicted molar refractivity (Wildman–Crippen MR) is 75.0 cm³/mol. The van der Waals surface area contributed by atoms with Gasteiger partial charge in [-0.3, -0.25) is 4.79 Å². The van der Waals surface area contributed by atoms with Gasteiger partial charge in [-0.05, 0) is 18.9 Å². The van der Waals surface area contributed by atoms with Crippen LogP contribution in [0.2, 0.25) is 0 Å². The number of amides is 1. The molecule has 6 heteroatoms. The molecule has 0 atom stereocenters. The van der Waals surface area contributed by atoms with Gasteiger partial charge in [0.25, 0.3) is 0 Å². The highest BCUT2D eigenvalue weighted by Gasteiger charge is 2.29. The zero-order chi connectivity index (χ0) is 13.5. The predicted octanol–water partition coefficient (Wildman–Crippen LogP) is 2.30. The SMILES string of the molecule is O=C(Nc1cc2[nH]c(-c3cnc[nH]3)cc2cn1)C1CC1. The molecule has 1 amide bonds. The molecule has 3 aromatic heterocycles. The Morgan fingerprint density at radius 1 is 1.25 bits per heavy atom. The van der Waals surface area contributed by atoms with Gasteiger partial charge in [0, 0.05) is 23.6 Å². The molecule has 1 aliphatic carbocycles. The van der Waals surface area contributed by atoms with Crippen LogP contribution < -0.4 is 5.32 Å². The number of carbonyl (C=O) groups is 1. The molecule has 0 aromatic carbocycles. The minimum absolute atomic E-state index is 0.0668. The summed E-state index contributed by atoms with van der Waals surface area (Å²) < 4.78 is 0. The highest BCUT2D eigenvalue weighted by molar-refractivity contribution is 5.95. The average Bonchev–Trinajstić information content (AvgIpc) is 3.00. The molecule has 0 bridgehead atoms. The number of aromatic nitrogens is 4. The minimum atomic E-state index is 0.0668. The van der Waals surface area contributed by atoms with E-state index in [-0.39, 0.29) is 11.8 Å². The van der Waals surface area contributed by atoms with Crippen molar-refractivity contribution < 1.29 is 4.79 Å². The summed E-state index contributed by atoms with van der Waals surface area (Å²) in [6, 6.07) is 3.86. The molecule has 0 radical (unpaired) electrons. The Morgan fingerprint density at radius 3 is 2.90 bits per heavy atom. The topological polar surface area (TPSA) is 86.5 Å². The Bertz CT molecular complexity index is 770. The normalized spacial score (nSPS) is 14.6. The van der Waals surface area contributed by atoms with Crippen molar-refractivity contribution in [1.82, 2.24) is 19.9 Å². The molecule has 0 saturated heterocycles. The minimum Gasteiger partial charge on any atom is -0.353 e. The van der Waals surface area contributed by atoms with Crippen LogP contribution in [-0.4, -0.2) is 25.8 Å². The number of rotatable bonds is 3. The van der Waals surface area contributed by atoms with Gasteiger partial charge in [0.1, 0.15) is 5.82 Å². The Morgan fingerprint density at radius 2 is 2.15 bits per heavy atom. The number of fused-ring (bicyclic) bond motifs is 1. The molecule has 3 N–H and O–H groups in total. The fourth-order valence-electron chi connectivity index (χ4n) is 2.22. The lowest BCUT2D eigenvalue weighted by Crippen LogP contribution is -2.14. The van der Waals surface area contributed by atoms with E-state index in [4.69, 9.17) is 0 Å². The number of hydrogen-bond acceptors (Lipinski definition) is 3. The Hall–Kier alpha value is -2.63. The van der Waals surface area contributed by atoms with Crippen LogP contribution in [0.5, 0.6) is 0 Å². The van der Waals surface area contributed by atoms with E-state index in [1.165, 1.54) is 0 Å². The zero-order valence-electron chi connectivity index (χ0n) is 10.7. The average molecular weight is 267 g/mol. The maximum Gasteiger partial charge on any atom is 0.228 e. The van der Waals surface area contributed by atoms with E-state index < -0.39 is 0 Å². The molecule has 0 unspecified atom stereocenters. The molecular formula is C14H13N5O. The van der Waals surface area contributed by atoms with Crippen molar-refractivity contribution in [3.05, 3.63) is 30.9 Å². The molecule has 1 fully saturated rings. The van der Waals surface area contributed by atoms with Gasteiger partial charge in [-0.15, -0.1) is 0 Å². The van der Waals surface area contributed by atoms with Gasteiger partial charge in [0.15, 0.2) is 0 Å². The van der Waals surface area contributed by atoms with Gasteiger partial charge < -0.3 is 15.3 Å². The number of imidazole rings is 1. The summed E-state index contributed by atoms with van der Waals surface area (Å²) in [4.78, 5) is 26.4. The van der Waals surface area contributed by atoms with Crippen molar-refractivity contribution >= 4 is 22.6 Å². The maximum atomic E-state index is 11.7. The second-order valence-corrected chi connectivity index (χ2v) is 5.07. The van der Waals surface area contributed by atoms with Crippen LogP contribution in [0.25, 0.3) is 22.3 Å². The van der Waals surface area contributed by atoms with Gasteiger partial charge in [-0.25, -0.2) is 9.97 Å². The Kier molecular flexibility index (Phi) is 2.35. The summed E-state index contributed by atoms with van der Waals surface area (Å²) in [5.41, 5.74) is 2.81. The quantitative estimate of drug-likeness (QED) is 0.680. The monoisotopic (exact) mass is 267 g/mol. The number of aromatic amines is 2. The summed E-state index contributed by atoms with van der Waals surface area (Å²) in [7, 11) is 0. The summed E-state index contributed by atoms with van der Waals surface area (Å²) in [5.74, 6) is 0.835. The summed E-state index contributed by atoms with van der Waals surface area (Å²) in [6.45, 7) is 0. The first-order chi connectivity index (χ1) is 9.79. The first kappa shape index (κ1) is 11.2. The molecule has 20 heavy (non-hydrogen) atoms. The Labute approximate surface area is 114 Å². The van der Waals surface area contributed by atoms with Gasteiger partial charge in [-0.1, -0.05) is 0 Å². The number of pyridine rings is 1. The summed E-state index contributed by atoms with van der Waals surface area (Å²) in [5, 5.41) is 3.85. The molecule has 1 aliphatic rings. The number of nitrogens with zero attached hydrogens (tertiary/aromatic N) is 2. The molecular weight excluding hydrogens is 254 g/mol. The smallest absolute Gasteiger partial charge is 0.228 e. The lowest BCUT2D eigenvalue weighted by atomic mass is 10.3. The van der Waals surface area contributed by atoms with E-state index in [1.54, 1.807) is 18.7 Å². The van der Waals surface area contributed by atoms with E-state index in [9.17, 15) is 4.79 Å². The van der Waals surface area contributed by atoms with Gasteiger partial charge in [-0.2, -0.15) is 0 Å². The second kappa shape index (κ2) is 4.19. The molecule has 3 aromatic rings. The van der Waals surface area contributed by atoms with Crippen molar-refractivity contribution in [1.29, 1.82) is 0 Å². The molecule has 3 heterocycles. The van der Waals surface area contributed by atoms with Crippen molar-refractivity contribution in [2.75, 3.05) is 5.32 Å². The molecule has 0 aliphatic heterocycles. The third-order valence-electron chi connectivity index (χ3n) is 3.49. The van der Waals surface area contributed by atoms with Crippen molar-refractivity contribution in [2.24, 2.45) is 5.92 Å². The third kappa shape index (κ3) is 1.95. The Balaban J connectivity index is 1.66. The van der Waals surface area contributed by atoms with E-state index >= 15 is 0 Å². The number of H-pyrrole nitrogens is 2. The lowest BCUT2D eigenvalue weighted by molar-refractivity contribution is -0.117. The summed E-state index contributed by atoms with van der Waals surface area (Å²) >= 11 is 0. The number of nitrogens with one attached hydrogen (secondary N) is 3. The van der Waals surface area contributed by atoms with Crippen molar-refractivity contribution in [3.8, 4) is 11.4 Å². The first-order valence-corrected chi connectivity index (χ1v) is 6.58. The highest BCUT2D eigenvalue weighted by atomic mass is 16.2. The van der Waals surface area contributed by atoms with Crippen molar-refractivity contribution in [3.63, 3.8) is 0 Å². The first-order valence-electron chi connectivity index (χ1n) is 6.58. The fraction of sp³-hybridized carbons (Fsp3) is 0.214. The van der Waals surface area contributed by atoms with Crippen LogP contribution in [0.3, 0.4) is 0 Å². The molecule has 100 valence electrons. The van der Waals surface area contributed by atoms with Crippen LogP contribution in [0, 0.1) is 5.92 Å².